The summed E-state index contributed by atoms with van der Waals surface area (Å²) in [4.78, 5) is 39.7. The van der Waals surface area contributed by atoms with Crippen LogP contribution in [0.4, 0.5) is 8.78 Å². The van der Waals surface area contributed by atoms with Crippen LogP contribution in [0.1, 0.15) is 55.8 Å². The molecule has 1 atom stereocenters. The third-order valence-corrected chi connectivity index (χ3v) is 6.17. The first kappa shape index (κ1) is 25.2. The van der Waals surface area contributed by atoms with E-state index in [0.717, 1.165) is 0 Å². The molecular formula is C23H30ClF2N3O4. The van der Waals surface area contributed by atoms with E-state index in [1.54, 1.807) is 19.1 Å². The molecule has 1 aromatic carbocycles. The molecule has 3 amide bonds. The number of carbonyl (C=O) groups excluding carboxylic acids is 3. The van der Waals surface area contributed by atoms with Crippen LogP contribution in [0.5, 0.6) is 5.75 Å². The van der Waals surface area contributed by atoms with Gasteiger partial charge in [0.05, 0.1) is 18.2 Å². The molecule has 3 rings (SSSR count). The Labute approximate surface area is 197 Å². The second-order valence-electron chi connectivity index (χ2n) is 8.77. The van der Waals surface area contributed by atoms with Crippen molar-refractivity contribution in [2.24, 2.45) is 5.92 Å². The van der Waals surface area contributed by atoms with E-state index in [1.807, 2.05) is 0 Å². The number of rotatable bonds is 1. The lowest BCUT2D eigenvalue weighted by Gasteiger charge is -2.32. The van der Waals surface area contributed by atoms with Gasteiger partial charge < -0.3 is 20.3 Å². The lowest BCUT2D eigenvalue weighted by Crippen LogP contribution is -2.47. The fourth-order valence-electron chi connectivity index (χ4n) is 4.09. The number of carbonyl (C=O) groups is 3. The highest BCUT2D eigenvalue weighted by molar-refractivity contribution is 6.31. The first-order valence-corrected chi connectivity index (χ1v) is 11.7. The molecule has 2 aliphatic rings. The molecule has 0 aromatic heterocycles. The second-order valence-corrected chi connectivity index (χ2v) is 9.21. The monoisotopic (exact) mass is 485 g/mol. The highest BCUT2D eigenvalue weighted by Crippen LogP contribution is 2.36. The first-order valence-electron chi connectivity index (χ1n) is 11.3. The molecule has 10 heteroatoms. The van der Waals surface area contributed by atoms with E-state index >= 15 is 0 Å². The highest BCUT2D eigenvalue weighted by Gasteiger charge is 2.38. The van der Waals surface area contributed by atoms with Crippen molar-refractivity contribution in [1.82, 2.24) is 15.5 Å². The van der Waals surface area contributed by atoms with Crippen LogP contribution in [-0.4, -0.2) is 60.8 Å². The Morgan fingerprint density at radius 1 is 1.21 bits per heavy atom. The van der Waals surface area contributed by atoms with Crippen molar-refractivity contribution in [3.8, 4) is 5.75 Å². The number of ether oxygens (including phenoxy) is 1. The Kier molecular flexibility index (Phi) is 8.51. The summed E-state index contributed by atoms with van der Waals surface area (Å²) in [6.45, 7) is 2.39. The number of halogens is 3. The van der Waals surface area contributed by atoms with E-state index < -0.39 is 11.8 Å². The van der Waals surface area contributed by atoms with E-state index in [-0.39, 0.29) is 62.6 Å². The summed E-state index contributed by atoms with van der Waals surface area (Å²) in [7, 11) is 0. The number of benzene rings is 1. The SMILES string of the molecule is C[C@H]1COc2ccc(Cl)cc2C(=O)NCCCCN(C(=O)C2CCC(F)(F)CC2)CC(=O)N1. The molecular weight excluding hydrogens is 456 g/mol. The molecule has 1 aliphatic carbocycles. The van der Waals surface area contributed by atoms with Gasteiger partial charge in [-0.15, -0.1) is 0 Å². The van der Waals surface area contributed by atoms with Crippen LogP contribution in [0.2, 0.25) is 5.02 Å². The van der Waals surface area contributed by atoms with Gasteiger partial charge in [0.1, 0.15) is 12.4 Å². The van der Waals surface area contributed by atoms with E-state index in [9.17, 15) is 23.2 Å². The van der Waals surface area contributed by atoms with E-state index in [1.165, 1.54) is 11.0 Å². The van der Waals surface area contributed by atoms with Gasteiger partial charge in [0.2, 0.25) is 17.7 Å². The van der Waals surface area contributed by atoms with Gasteiger partial charge in [0.25, 0.3) is 5.91 Å². The maximum absolute atomic E-state index is 13.5. The Hall–Kier alpha value is -2.42. The van der Waals surface area contributed by atoms with Crippen LogP contribution in [0.25, 0.3) is 0 Å². The molecule has 0 bridgehead atoms. The Balaban J connectivity index is 1.69. The molecule has 1 fully saturated rings. The number of fused-ring (bicyclic) bond motifs is 1. The largest absolute Gasteiger partial charge is 0.491 e. The summed E-state index contributed by atoms with van der Waals surface area (Å²) < 4.78 is 32.8. The number of hydrogen-bond acceptors (Lipinski definition) is 4. The fourth-order valence-corrected chi connectivity index (χ4v) is 4.27. The zero-order valence-corrected chi connectivity index (χ0v) is 19.4. The van der Waals surface area contributed by atoms with Gasteiger partial charge in [-0.25, -0.2) is 8.78 Å². The van der Waals surface area contributed by atoms with Crippen LogP contribution in [0.3, 0.4) is 0 Å². The molecule has 182 valence electrons. The number of nitrogens with zero attached hydrogens (tertiary/aromatic N) is 1. The lowest BCUT2D eigenvalue weighted by molar-refractivity contribution is -0.143. The van der Waals surface area contributed by atoms with Crippen LogP contribution in [0, 0.1) is 5.92 Å². The average Bonchev–Trinajstić information content (AvgIpc) is 2.76. The number of nitrogens with one attached hydrogen (secondary N) is 2. The third-order valence-electron chi connectivity index (χ3n) is 5.94. The molecule has 0 unspecified atom stereocenters. The van der Waals surface area contributed by atoms with E-state index in [0.29, 0.717) is 42.3 Å². The molecule has 1 saturated carbocycles. The summed E-state index contributed by atoms with van der Waals surface area (Å²) in [6.07, 6.45) is 0.739. The predicted octanol–water partition coefficient (Wildman–Crippen LogP) is 3.40. The Morgan fingerprint density at radius 2 is 1.94 bits per heavy atom. The quantitative estimate of drug-likeness (QED) is 0.638. The molecule has 1 aliphatic heterocycles. The standard InChI is InChI=1S/C23H30ClF2N3O4/c1-15-14-33-19-5-4-17(24)12-18(19)21(31)27-10-2-3-11-29(13-20(30)28-15)22(32)16-6-8-23(25,26)9-7-16/h4-5,12,15-16H,2-3,6-11,13-14H2,1H3,(H,27,31)(H,28,30)/t15-/m0/s1. The lowest BCUT2D eigenvalue weighted by atomic mass is 9.86. The van der Waals surface area contributed by atoms with Crippen LogP contribution >= 0.6 is 11.6 Å². The van der Waals surface area contributed by atoms with Gasteiger partial charge in [-0.2, -0.15) is 0 Å². The third kappa shape index (κ3) is 7.28. The highest BCUT2D eigenvalue weighted by atomic mass is 35.5. The Morgan fingerprint density at radius 3 is 2.67 bits per heavy atom. The summed E-state index contributed by atoms with van der Waals surface area (Å²) >= 11 is 6.04. The summed E-state index contributed by atoms with van der Waals surface area (Å²) in [5, 5.41) is 6.03. The molecule has 33 heavy (non-hydrogen) atoms. The van der Waals surface area contributed by atoms with Crippen LogP contribution in [-0.2, 0) is 9.59 Å². The maximum atomic E-state index is 13.5. The molecule has 0 saturated heterocycles. The smallest absolute Gasteiger partial charge is 0.255 e. The van der Waals surface area contributed by atoms with Gasteiger partial charge in [0, 0.05) is 36.9 Å². The van der Waals surface area contributed by atoms with Crippen molar-refractivity contribution in [2.45, 2.75) is 57.4 Å². The van der Waals surface area contributed by atoms with Gasteiger partial charge in [-0.3, -0.25) is 14.4 Å². The Bertz CT molecular complexity index is 873. The zero-order chi connectivity index (χ0) is 24.0. The van der Waals surface area contributed by atoms with Gasteiger partial charge in [-0.1, -0.05) is 11.6 Å². The normalized spacial score (nSPS) is 23.3. The summed E-state index contributed by atoms with van der Waals surface area (Å²) in [5.41, 5.74) is 0.307. The number of hydrogen-bond donors (Lipinski definition) is 2. The molecule has 0 spiro atoms. The van der Waals surface area contributed by atoms with E-state index in [4.69, 9.17) is 16.3 Å². The van der Waals surface area contributed by atoms with Crippen molar-refractivity contribution in [3.05, 3.63) is 28.8 Å². The maximum Gasteiger partial charge on any atom is 0.255 e. The molecule has 2 N–H and O–H groups in total. The van der Waals surface area contributed by atoms with Crippen LogP contribution < -0.4 is 15.4 Å². The van der Waals surface area contributed by atoms with Gasteiger partial charge >= 0.3 is 0 Å². The van der Waals surface area contributed by atoms with Crippen molar-refractivity contribution >= 4 is 29.3 Å². The van der Waals surface area contributed by atoms with Crippen LogP contribution in [0.15, 0.2) is 18.2 Å². The van der Waals surface area contributed by atoms with Crippen molar-refractivity contribution in [1.29, 1.82) is 0 Å². The minimum absolute atomic E-state index is 0.110. The van der Waals surface area contributed by atoms with Gasteiger partial charge in [-0.05, 0) is 50.8 Å². The van der Waals surface area contributed by atoms with Crippen molar-refractivity contribution < 1.29 is 27.9 Å². The number of amides is 3. The van der Waals surface area contributed by atoms with Crippen molar-refractivity contribution in [2.75, 3.05) is 26.2 Å². The molecule has 1 heterocycles. The number of alkyl halides is 2. The van der Waals surface area contributed by atoms with Crippen molar-refractivity contribution in [3.63, 3.8) is 0 Å². The average molecular weight is 486 g/mol. The topological polar surface area (TPSA) is 87.7 Å². The summed E-state index contributed by atoms with van der Waals surface area (Å²) in [6, 6.07) is 4.37. The van der Waals surface area contributed by atoms with Gasteiger partial charge in [0.15, 0.2) is 0 Å². The molecule has 0 radical (unpaired) electrons. The second kappa shape index (κ2) is 11.1. The zero-order valence-electron chi connectivity index (χ0n) is 18.7. The van der Waals surface area contributed by atoms with E-state index in [2.05, 4.69) is 10.6 Å². The fraction of sp³-hybridized carbons (Fsp3) is 0.609. The minimum atomic E-state index is -2.72. The predicted molar refractivity (Wildman–Crippen MR) is 120 cm³/mol. The molecule has 1 aromatic rings. The minimum Gasteiger partial charge on any atom is -0.491 e. The first-order chi connectivity index (χ1) is 15.6. The molecule has 7 nitrogen and oxygen atoms in total. The summed E-state index contributed by atoms with van der Waals surface area (Å²) in [5.74, 6) is -3.80.